The smallest absolute Gasteiger partial charge is 0.420 e. The van der Waals surface area contributed by atoms with E-state index in [4.69, 9.17) is 14.2 Å². The van der Waals surface area contributed by atoms with Crippen LogP contribution in [0.2, 0.25) is 0 Å². The van der Waals surface area contributed by atoms with Crippen molar-refractivity contribution in [3.05, 3.63) is 71.8 Å². The maximum Gasteiger partial charge on any atom is 0.420 e. The second kappa shape index (κ2) is 10.2. The average molecular weight is 448 g/mol. The number of ether oxygens (including phenoxy) is 3. The number of hydrogen-bond acceptors (Lipinski definition) is 5. The van der Waals surface area contributed by atoms with E-state index in [0.717, 1.165) is 12.1 Å². The van der Waals surface area contributed by atoms with Crippen LogP contribution in [0.15, 0.2) is 60.7 Å². The molecule has 0 bridgehead atoms. The highest BCUT2D eigenvalue weighted by Crippen LogP contribution is 2.40. The zero-order valence-corrected chi connectivity index (χ0v) is 18.0. The fourth-order valence-corrected chi connectivity index (χ4v) is 2.66. The summed E-state index contributed by atoms with van der Waals surface area (Å²) in [4.78, 5) is 23.0. The van der Waals surface area contributed by atoms with Gasteiger partial charge in [0.25, 0.3) is 0 Å². The van der Waals surface area contributed by atoms with E-state index in [1.165, 1.54) is 19.9 Å². The van der Waals surface area contributed by atoms with Gasteiger partial charge in [-0.25, -0.2) is 9.59 Å². The molecule has 0 aliphatic heterocycles. The molecule has 0 aliphatic rings. The molecule has 2 aromatic rings. The molecule has 0 saturated carbocycles. The molecule has 5 nitrogen and oxygen atoms in total. The number of alkyl halides is 3. The van der Waals surface area contributed by atoms with Gasteiger partial charge < -0.3 is 14.2 Å². The first-order valence-corrected chi connectivity index (χ1v) is 9.55. The van der Waals surface area contributed by atoms with Gasteiger partial charge in [0.2, 0.25) is 0 Å². The predicted octanol–water partition coefficient (Wildman–Crippen LogP) is 5.66. The van der Waals surface area contributed by atoms with Gasteiger partial charge in [-0.1, -0.05) is 25.3 Å². The highest BCUT2D eigenvalue weighted by atomic mass is 19.4. The monoisotopic (exact) mass is 448 g/mol. The molecule has 32 heavy (non-hydrogen) atoms. The Bertz CT molecular complexity index is 1050. The van der Waals surface area contributed by atoms with E-state index in [1.807, 2.05) is 0 Å². The van der Waals surface area contributed by atoms with Gasteiger partial charge in [0.1, 0.15) is 24.7 Å². The lowest BCUT2D eigenvalue weighted by Gasteiger charge is -2.16. The lowest BCUT2D eigenvalue weighted by Crippen LogP contribution is -2.14. The zero-order valence-electron chi connectivity index (χ0n) is 18.0. The zero-order chi connectivity index (χ0) is 24.1. The number of carbonyl (C=O) groups excluding carboxylic acids is 2. The summed E-state index contributed by atoms with van der Waals surface area (Å²) in [5.41, 5.74) is 0.720. The molecule has 0 heterocycles. The number of esters is 2. The molecule has 0 aromatic heterocycles. The molecule has 2 aromatic carbocycles. The van der Waals surface area contributed by atoms with Gasteiger partial charge in [-0.2, -0.15) is 13.2 Å². The molecular formula is C24H23F3O5. The van der Waals surface area contributed by atoms with Gasteiger partial charge >= 0.3 is 18.1 Å². The maximum atomic E-state index is 13.6. The van der Waals surface area contributed by atoms with Crippen molar-refractivity contribution in [1.82, 2.24) is 0 Å². The fraction of sp³-hybridized carbons (Fsp3) is 0.250. The van der Waals surface area contributed by atoms with E-state index in [1.54, 1.807) is 25.1 Å². The second-order valence-corrected chi connectivity index (χ2v) is 7.12. The summed E-state index contributed by atoms with van der Waals surface area (Å²) in [6.45, 7) is 11.6. The number of benzene rings is 2. The van der Waals surface area contributed by atoms with Crippen LogP contribution in [-0.2, 0) is 20.5 Å². The van der Waals surface area contributed by atoms with Crippen molar-refractivity contribution in [2.24, 2.45) is 0 Å². The SMILES string of the molecule is C=C(C)C(=O)OCCOc1ccc(-c2ccc(OC(=O)C(=C)C)c(C(F)(F)F)c2)c(C)c1. The number of carbonyl (C=O) groups is 2. The van der Waals surface area contributed by atoms with E-state index in [2.05, 4.69) is 13.2 Å². The van der Waals surface area contributed by atoms with Crippen LogP contribution in [0.5, 0.6) is 11.5 Å². The maximum absolute atomic E-state index is 13.6. The van der Waals surface area contributed by atoms with Crippen molar-refractivity contribution >= 4 is 11.9 Å². The van der Waals surface area contributed by atoms with Crippen LogP contribution in [-0.4, -0.2) is 25.2 Å². The molecule has 8 heteroatoms. The minimum Gasteiger partial charge on any atom is -0.490 e. The topological polar surface area (TPSA) is 61.8 Å². The Morgan fingerprint density at radius 2 is 1.59 bits per heavy atom. The molecule has 0 amide bonds. The molecule has 0 N–H and O–H groups in total. The first-order chi connectivity index (χ1) is 14.9. The van der Waals surface area contributed by atoms with E-state index in [0.29, 0.717) is 22.4 Å². The Morgan fingerprint density at radius 3 is 2.16 bits per heavy atom. The molecular weight excluding hydrogens is 425 g/mol. The Kier molecular flexibility index (Phi) is 7.86. The first-order valence-electron chi connectivity index (χ1n) is 9.55. The Labute approximate surface area is 184 Å². The summed E-state index contributed by atoms with van der Waals surface area (Å²) in [6, 6.07) is 8.37. The standard InChI is InChI=1S/C24H23F3O5/c1-14(2)22(28)31-11-10-30-18-7-8-19(16(5)12-18)17-6-9-21(32-23(29)15(3)4)20(13-17)24(25,26)27/h6-9,12-13H,1,3,10-11H2,2,4-5H3. The molecule has 0 radical (unpaired) electrons. The lowest BCUT2D eigenvalue weighted by molar-refractivity contribution is -0.141. The summed E-state index contributed by atoms with van der Waals surface area (Å²) < 4.78 is 56.0. The molecule has 0 atom stereocenters. The number of hydrogen-bond donors (Lipinski definition) is 0. The Morgan fingerprint density at radius 1 is 0.938 bits per heavy atom. The molecule has 2 rings (SSSR count). The summed E-state index contributed by atoms with van der Waals surface area (Å²) in [7, 11) is 0. The fourth-order valence-electron chi connectivity index (χ4n) is 2.66. The molecule has 0 unspecified atom stereocenters. The predicted molar refractivity (Wildman–Crippen MR) is 113 cm³/mol. The minimum atomic E-state index is -4.72. The highest BCUT2D eigenvalue weighted by Gasteiger charge is 2.35. The van der Waals surface area contributed by atoms with Crippen LogP contribution in [0.1, 0.15) is 25.0 Å². The quantitative estimate of drug-likeness (QED) is 0.226. The molecule has 0 spiro atoms. The molecule has 0 saturated heterocycles. The highest BCUT2D eigenvalue weighted by molar-refractivity contribution is 5.89. The van der Waals surface area contributed by atoms with E-state index < -0.39 is 29.4 Å². The number of aryl methyl sites for hydroxylation is 1. The van der Waals surface area contributed by atoms with Crippen molar-refractivity contribution < 1.29 is 37.0 Å². The van der Waals surface area contributed by atoms with Crippen LogP contribution >= 0.6 is 0 Å². The summed E-state index contributed by atoms with van der Waals surface area (Å²) in [5, 5.41) is 0. The van der Waals surface area contributed by atoms with Gasteiger partial charge in [0, 0.05) is 11.1 Å². The van der Waals surface area contributed by atoms with Gasteiger partial charge in [0.15, 0.2) is 0 Å². The summed E-state index contributed by atoms with van der Waals surface area (Å²) >= 11 is 0. The van der Waals surface area contributed by atoms with Gasteiger partial charge in [-0.15, -0.1) is 0 Å². The third-order valence-corrected chi connectivity index (χ3v) is 4.28. The van der Waals surface area contributed by atoms with Gasteiger partial charge in [-0.05, 0) is 61.7 Å². The normalized spacial score (nSPS) is 10.9. The van der Waals surface area contributed by atoms with Crippen LogP contribution in [0, 0.1) is 6.92 Å². The first kappa shape index (κ1) is 24.7. The minimum absolute atomic E-state index is 0.0111. The third-order valence-electron chi connectivity index (χ3n) is 4.28. The molecule has 170 valence electrons. The van der Waals surface area contributed by atoms with Crippen molar-refractivity contribution in [3.8, 4) is 22.6 Å². The van der Waals surface area contributed by atoms with Crippen molar-refractivity contribution in [2.45, 2.75) is 26.9 Å². The Balaban J connectivity index is 2.22. The second-order valence-electron chi connectivity index (χ2n) is 7.12. The van der Waals surface area contributed by atoms with E-state index in [-0.39, 0.29) is 24.4 Å². The van der Waals surface area contributed by atoms with Crippen LogP contribution in [0.25, 0.3) is 11.1 Å². The van der Waals surface area contributed by atoms with Crippen LogP contribution < -0.4 is 9.47 Å². The van der Waals surface area contributed by atoms with E-state index in [9.17, 15) is 22.8 Å². The van der Waals surface area contributed by atoms with Gasteiger partial charge in [-0.3, -0.25) is 0 Å². The molecule has 0 aliphatic carbocycles. The van der Waals surface area contributed by atoms with Crippen molar-refractivity contribution in [3.63, 3.8) is 0 Å². The largest absolute Gasteiger partial charge is 0.490 e. The lowest BCUT2D eigenvalue weighted by atomic mass is 9.98. The van der Waals surface area contributed by atoms with Crippen molar-refractivity contribution in [1.29, 1.82) is 0 Å². The third kappa shape index (κ3) is 6.47. The summed E-state index contributed by atoms with van der Waals surface area (Å²) in [5.74, 6) is -1.57. The average Bonchev–Trinajstić information content (AvgIpc) is 2.70. The number of halogens is 3. The van der Waals surface area contributed by atoms with Crippen molar-refractivity contribution in [2.75, 3.05) is 13.2 Å². The van der Waals surface area contributed by atoms with Gasteiger partial charge in [0.05, 0.1) is 5.56 Å². The number of rotatable bonds is 8. The van der Waals surface area contributed by atoms with Crippen LogP contribution in [0.4, 0.5) is 13.2 Å². The Hall–Kier alpha value is -3.55. The summed E-state index contributed by atoms with van der Waals surface area (Å²) in [6.07, 6.45) is -4.72. The molecule has 0 fully saturated rings. The van der Waals surface area contributed by atoms with E-state index >= 15 is 0 Å². The van der Waals surface area contributed by atoms with Crippen LogP contribution in [0.3, 0.4) is 0 Å².